The quantitative estimate of drug-likeness (QED) is 0.218. The monoisotopic (exact) mass is 404 g/mol. The molecule has 0 saturated carbocycles. The van der Waals surface area contributed by atoms with E-state index in [0.29, 0.717) is 12.4 Å². The molecule has 0 aliphatic heterocycles. The fourth-order valence-electron chi connectivity index (χ4n) is 3.40. The number of ether oxygens (including phenoxy) is 2. The topological polar surface area (TPSA) is 52.6 Å². The lowest BCUT2D eigenvalue weighted by molar-refractivity contribution is 0.0489. The van der Waals surface area contributed by atoms with Gasteiger partial charge in [0.05, 0.1) is 17.7 Å². The standard InChI is InChI=1S/C26H28O4/c1-2-3-4-5-6-11-19-29-25(27)22-16-9-10-17-23(22)26(28)30-24-18-12-14-20-13-7-8-15-21(20)24/h7-10,12-18H,2-6,11,19H2,1H3. The average Bonchev–Trinajstić information content (AvgIpc) is 2.78. The van der Waals surface area contributed by atoms with Crippen molar-refractivity contribution < 1.29 is 19.1 Å². The third-order valence-electron chi connectivity index (χ3n) is 5.05. The number of carbonyl (C=O) groups is 2. The van der Waals surface area contributed by atoms with E-state index >= 15 is 0 Å². The predicted octanol–water partition coefficient (Wildman–Crippen LogP) is 6.58. The zero-order valence-electron chi connectivity index (χ0n) is 17.4. The van der Waals surface area contributed by atoms with Crippen molar-refractivity contribution in [1.82, 2.24) is 0 Å². The largest absolute Gasteiger partial charge is 0.462 e. The fraction of sp³-hybridized carbons (Fsp3) is 0.308. The minimum absolute atomic E-state index is 0.207. The number of esters is 2. The molecule has 0 unspecified atom stereocenters. The highest BCUT2D eigenvalue weighted by Crippen LogP contribution is 2.26. The van der Waals surface area contributed by atoms with Crippen LogP contribution in [0.15, 0.2) is 66.7 Å². The second-order valence-electron chi connectivity index (χ2n) is 7.32. The summed E-state index contributed by atoms with van der Waals surface area (Å²) in [6.07, 6.45) is 6.69. The Bertz CT molecular complexity index is 988. The van der Waals surface area contributed by atoms with E-state index in [1.165, 1.54) is 19.3 Å². The number of carbonyl (C=O) groups excluding carboxylic acids is 2. The Kier molecular flexibility index (Phi) is 8.02. The lowest BCUT2D eigenvalue weighted by Crippen LogP contribution is -2.16. The Hall–Kier alpha value is -3.14. The minimum Gasteiger partial charge on any atom is -0.462 e. The molecule has 0 aromatic heterocycles. The van der Waals surface area contributed by atoms with Crippen molar-refractivity contribution in [3.8, 4) is 5.75 Å². The van der Waals surface area contributed by atoms with Crippen LogP contribution in [0, 0.1) is 0 Å². The van der Waals surface area contributed by atoms with Crippen LogP contribution >= 0.6 is 0 Å². The van der Waals surface area contributed by atoms with E-state index in [-0.39, 0.29) is 11.1 Å². The maximum absolute atomic E-state index is 12.8. The number of hydrogen-bond donors (Lipinski definition) is 0. The molecule has 0 aliphatic carbocycles. The van der Waals surface area contributed by atoms with Crippen LogP contribution in [-0.2, 0) is 4.74 Å². The van der Waals surface area contributed by atoms with Gasteiger partial charge in [-0.25, -0.2) is 9.59 Å². The number of hydrogen-bond acceptors (Lipinski definition) is 4. The van der Waals surface area contributed by atoms with Crippen LogP contribution in [0.1, 0.15) is 66.2 Å². The first-order valence-electron chi connectivity index (χ1n) is 10.7. The van der Waals surface area contributed by atoms with Gasteiger partial charge in [0, 0.05) is 5.39 Å². The summed E-state index contributed by atoms with van der Waals surface area (Å²) in [5.74, 6) is -0.596. The lowest BCUT2D eigenvalue weighted by atomic mass is 10.1. The molecule has 4 heteroatoms. The molecule has 3 rings (SSSR count). The molecule has 4 nitrogen and oxygen atoms in total. The Labute approximate surface area is 177 Å². The van der Waals surface area contributed by atoms with E-state index in [9.17, 15) is 9.59 Å². The number of fused-ring (bicyclic) bond motifs is 1. The summed E-state index contributed by atoms with van der Waals surface area (Å²) >= 11 is 0. The van der Waals surface area contributed by atoms with Crippen LogP contribution in [0.2, 0.25) is 0 Å². The second-order valence-corrected chi connectivity index (χ2v) is 7.32. The Morgan fingerprint density at radius 2 is 1.33 bits per heavy atom. The summed E-state index contributed by atoms with van der Waals surface area (Å²) in [4.78, 5) is 25.4. The third kappa shape index (κ3) is 5.69. The maximum atomic E-state index is 12.8. The minimum atomic E-state index is -0.571. The van der Waals surface area contributed by atoms with Crippen molar-refractivity contribution in [1.29, 1.82) is 0 Å². The molecule has 0 radical (unpaired) electrons. The fourth-order valence-corrected chi connectivity index (χ4v) is 3.40. The number of benzene rings is 3. The van der Waals surface area contributed by atoms with Gasteiger partial charge in [-0.2, -0.15) is 0 Å². The summed E-state index contributed by atoms with van der Waals surface area (Å²) < 4.78 is 11.0. The van der Waals surface area contributed by atoms with Crippen LogP contribution in [0.5, 0.6) is 5.75 Å². The van der Waals surface area contributed by atoms with E-state index in [1.807, 2.05) is 36.4 Å². The molecule has 0 heterocycles. The second kappa shape index (κ2) is 11.1. The van der Waals surface area contributed by atoms with Crippen LogP contribution < -0.4 is 4.74 Å². The molecule has 3 aromatic carbocycles. The summed E-state index contributed by atoms with van der Waals surface area (Å²) in [5.41, 5.74) is 0.437. The first-order chi connectivity index (χ1) is 14.7. The molecule has 0 fully saturated rings. The molecular weight excluding hydrogens is 376 g/mol. The zero-order valence-corrected chi connectivity index (χ0v) is 17.4. The number of unbranched alkanes of at least 4 members (excludes halogenated alkanes) is 5. The maximum Gasteiger partial charge on any atom is 0.344 e. The molecule has 0 aliphatic rings. The Morgan fingerprint density at radius 1 is 0.700 bits per heavy atom. The molecular formula is C26H28O4. The molecule has 3 aromatic rings. The molecule has 0 spiro atoms. The third-order valence-corrected chi connectivity index (χ3v) is 5.05. The van der Waals surface area contributed by atoms with E-state index < -0.39 is 11.9 Å². The van der Waals surface area contributed by atoms with Gasteiger partial charge in [-0.3, -0.25) is 0 Å². The van der Waals surface area contributed by atoms with E-state index in [4.69, 9.17) is 9.47 Å². The summed E-state index contributed by atoms with van der Waals surface area (Å²) in [5, 5.41) is 1.82. The van der Waals surface area contributed by atoms with Gasteiger partial charge in [0.1, 0.15) is 5.75 Å². The summed E-state index contributed by atoms with van der Waals surface area (Å²) in [6.45, 7) is 2.54. The molecule has 0 saturated heterocycles. The first kappa shape index (κ1) is 21.6. The summed E-state index contributed by atoms with van der Waals surface area (Å²) in [7, 11) is 0. The average molecular weight is 405 g/mol. The van der Waals surface area contributed by atoms with Crippen LogP contribution in [-0.4, -0.2) is 18.5 Å². The van der Waals surface area contributed by atoms with Crippen molar-refractivity contribution in [2.75, 3.05) is 6.61 Å². The Balaban J connectivity index is 1.64. The molecule has 156 valence electrons. The van der Waals surface area contributed by atoms with Crippen LogP contribution in [0.4, 0.5) is 0 Å². The van der Waals surface area contributed by atoms with Gasteiger partial charge >= 0.3 is 11.9 Å². The molecule has 30 heavy (non-hydrogen) atoms. The molecule has 0 bridgehead atoms. The molecule has 0 atom stereocenters. The lowest BCUT2D eigenvalue weighted by Gasteiger charge is -2.11. The highest BCUT2D eigenvalue weighted by molar-refractivity contribution is 6.04. The van der Waals surface area contributed by atoms with Gasteiger partial charge in [0.2, 0.25) is 0 Å². The van der Waals surface area contributed by atoms with Crippen LogP contribution in [0.3, 0.4) is 0 Å². The normalized spacial score (nSPS) is 10.7. The smallest absolute Gasteiger partial charge is 0.344 e. The van der Waals surface area contributed by atoms with Gasteiger partial charge in [0.25, 0.3) is 0 Å². The van der Waals surface area contributed by atoms with E-state index in [1.54, 1.807) is 30.3 Å². The van der Waals surface area contributed by atoms with Gasteiger partial charge in [-0.1, -0.05) is 87.6 Å². The summed E-state index contributed by atoms with van der Waals surface area (Å²) in [6, 6.07) is 19.9. The van der Waals surface area contributed by atoms with E-state index in [0.717, 1.165) is 30.0 Å². The van der Waals surface area contributed by atoms with Crippen LogP contribution in [0.25, 0.3) is 10.8 Å². The Morgan fingerprint density at radius 3 is 2.13 bits per heavy atom. The predicted molar refractivity (Wildman–Crippen MR) is 119 cm³/mol. The van der Waals surface area contributed by atoms with Crippen molar-refractivity contribution in [2.45, 2.75) is 45.4 Å². The SMILES string of the molecule is CCCCCCCCOC(=O)c1ccccc1C(=O)Oc1cccc2ccccc12. The molecule has 0 N–H and O–H groups in total. The van der Waals surface area contributed by atoms with Crippen molar-refractivity contribution in [2.24, 2.45) is 0 Å². The highest BCUT2D eigenvalue weighted by Gasteiger charge is 2.20. The molecule has 0 amide bonds. The first-order valence-corrected chi connectivity index (χ1v) is 10.7. The van der Waals surface area contributed by atoms with E-state index in [2.05, 4.69) is 6.92 Å². The van der Waals surface area contributed by atoms with Crippen molar-refractivity contribution in [3.05, 3.63) is 77.9 Å². The van der Waals surface area contributed by atoms with Gasteiger partial charge in [-0.05, 0) is 30.0 Å². The highest BCUT2D eigenvalue weighted by atomic mass is 16.5. The number of rotatable bonds is 10. The zero-order chi connectivity index (χ0) is 21.2. The van der Waals surface area contributed by atoms with Gasteiger partial charge in [-0.15, -0.1) is 0 Å². The van der Waals surface area contributed by atoms with Gasteiger partial charge < -0.3 is 9.47 Å². The van der Waals surface area contributed by atoms with Crippen molar-refractivity contribution >= 4 is 22.7 Å². The van der Waals surface area contributed by atoms with Crippen molar-refractivity contribution in [3.63, 3.8) is 0 Å². The van der Waals surface area contributed by atoms with Gasteiger partial charge in [0.15, 0.2) is 0 Å².